The number of hydrogen-bond acceptors (Lipinski definition) is 6. The Morgan fingerprint density at radius 2 is 1.79 bits per heavy atom. The van der Waals surface area contributed by atoms with Crippen LogP contribution in [0.2, 0.25) is 0 Å². The molecule has 0 bridgehead atoms. The molecule has 3 heterocycles. The zero-order valence-corrected chi connectivity index (χ0v) is 17.3. The van der Waals surface area contributed by atoms with E-state index < -0.39 is 0 Å². The molecule has 1 aromatic rings. The minimum atomic E-state index is -0.313. The first-order valence-electron chi connectivity index (χ1n) is 10.0. The second-order valence-electron chi connectivity index (χ2n) is 7.78. The monoisotopic (exact) mass is 403 g/mol. The second-order valence-corrected chi connectivity index (χ2v) is 9.03. The third kappa shape index (κ3) is 3.78. The van der Waals surface area contributed by atoms with Gasteiger partial charge < -0.3 is 9.80 Å². The lowest BCUT2D eigenvalue weighted by Crippen LogP contribution is -2.72. The van der Waals surface area contributed by atoms with Gasteiger partial charge in [0.05, 0.1) is 23.6 Å². The Morgan fingerprint density at radius 1 is 1.07 bits per heavy atom. The van der Waals surface area contributed by atoms with Crippen LogP contribution in [0.1, 0.15) is 24.6 Å². The van der Waals surface area contributed by atoms with Gasteiger partial charge in [-0.15, -0.1) is 11.8 Å². The Labute approximate surface area is 170 Å². The van der Waals surface area contributed by atoms with Gasteiger partial charge in [0.15, 0.2) is 0 Å². The summed E-state index contributed by atoms with van der Waals surface area (Å²) in [6.07, 6.45) is 2.16. The van der Waals surface area contributed by atoms with Crippen molar-refractivity contribution in [2.45, 2.75) is 30.5 Å². The molecular weight excluding hydrogens is 374 g/mol. The average Bonchev–Trinajstić information content (AvgIpc) is 3.24. The van der Waals surface area contributed by atoms with Gasteiger partial charge >= 0.3 is 6.03 Å². The molecule has 152 valence electrons. The molecule has 0 aromatic heterocycles. The minimum Gasteiger partial charge on any atom is -0.311 e. The van der Waals surface area contributed by atoms with Gasteiger partial charge in [-0.05, 0) is 31.5 Å². The van der Waals surface area contributed by atoms with Crippen LogP contribution in [0.5, 0.6) is 0 Å². The number of carbonyl (C=O) groups excluding carboxylic acids is 2. The van der Waals surface area contributed by atoms with E-state index in [2.05, 4.69) is 27.7 Å². The topological polar surface area (TPSA) is 67.9 Å². The molecule has 4 rings (SSSR count). The van der Waals surface area contributed by atoms with E-state index in [1.165, 1.54) is 30.8 Å². The highest BCUT2D eigenvalue weighted by molar-refractivity contribution is 7.99. The van der Waals surface area contributed by atoms with Crippen LogP contribution in [-0.4, -0.2) is 77.7 Å². The van der Waals surface area contributed by atoms with E-state index >= 15 is 0 Å². The summed E-state index contributed by atoms with van der Waals surface area (Å²) in [4.78, 5) is 30.9. The molecule has 0 saturated carbocycles. The van der Waals surface area contributed by atoms with Crippen LogP contribution in [0.3, 0.4) is 0 Å². The predicted octanol–water partition coefficient (Wildman–Crippen LogP) is 1.50. The molecule has 7 nitrogen and oxygen atoms in total. The largest absolute Gasteiger partial charge is 0.327 e. The van der Waals surface area contributed by atoms with Crippen LogP contribution >= 0.6 is 11.8 Å². The first kappa shape index (κ1) is 19.7. The number of benzene rings is 1. The molecule has 2 N–H and O–H groups in total. The minimum absolute atomic E-state index is 0.0513. The number of carbonyl (C=O) groups is 2. The third-order valence-electron chi connectivity index (χ3n) is 5.99. The summed E-state index contributed by atoms with van der Waals surface area (Å²) in [6, 6.07) is 9.88. The number of nitrogens with zero attached hydrogens (tertiary/aromatic N) is 3. The first-order valence-corrected chi connectivity index (χ1v) is 11.1. The van der Waals surface area contributed by atoms with Crippen LogP contribution in [0.15, 0.2) is 30.3 Å². The number of nitrogens with one attached hydrogen (secondary N) is 2. The van der Waals surface area contributed by atoms with E-state index in [4.69, 9.17) is 0 Å². The fraction of sp³-hybridized carbons (Fsp3) is 0.600. The lowest BCUT2D eigenvalue weighted by Gasteiger charge is -2.50. The van der Waals surface area contributed by atoms with Crippen molar-refractivity contribution in [1.29, 1.82) is 0 Å². The Morgan fingerprint density at radius 3 is 2.50 bits per heavy atom. The zero-order chi connectivity index (χ0) is 19.7. The Hall–Kier alpha value is -1.61. The maximum Gasteiger partial charge on any atom is 0.327 e. The molecule has 4 unspecified atom stereocenters. The van der Waals surface area contributed by atoms with E-state index in [1.807, 2.05) is 18.2 Å². The smallest absolute Gasteiger partial charge is 0.311 e. The normalized spacial score (nSPS) is 31.4. The molecule has 0 spiro atoms. The van der Waals surface area contributed by atoms with Crippen molar-refractivity contribution >= 4 is 23.7 Å². The van der Waals surface area contributed by atoms with Crippen molar-refractivity contribution in [3.8, 4) is 0 Å². The summed E-state index contributed by atoms with van der Waals surface area (Å²) >= 11 is 1.80. The molecule has 0 radical (unpaired) electrons. The number of rotatable bonds is 5. The van der Waals surface area contributed by atoms with Gasteiger partial charge in [0, 0.05) is 26.4 Å². The maximum atomic E-state index is 13.0. The van der Waals surface area contributed by atoms with Gasteiger partial charge in [-0.1, -0.05) is 30.3 Å². The van der Waals surface area contributed by atoms with Crippen molar-refractivity contribution in [2.24, 2.45) is 5.92 Å². The van der Waals surface area contributed by atoms with Gasteiger partial charge in [0.25, 0.3) is 0 Å². The van der Waals surface area contributed by atoms with E-state index in [-0.39, 0.29) is 35.6 Å². The molecule has 0 aliphatic carbocycles. The number of fused-ring (bicyclic) bond motifs is 1. The Kier molecular flexibility index (Phi) is 5.91. The highest BCUT2D eigenvalue weighted by atomic mass is 32.2. The third-order valence-corrected chi connectivity index (χ3v) is 7.20. The molecule has 3 aliphatic heterocycles. The molecule has 3 amide bonds. The average molecular weight is 404 g/mol. The zero-order valence-electron chi connectivity index (χ0n) is 16.5. The van der Waals surface area contributed by atoms with Crippen LogP contribution in [0.4, 0.5) is 4.79 Å². The second kappa shape index (κ2) is 8.41. The van der Waals surface area contributed by atoms with Crippen LogP contribution in [0, 0.1) is 5.92 Å². The summed E-state index contributed by atoms with van der Waals surface area (Å²) in [5, 5.41) is 7.06. The quantitative estimate of drug-likeness (QED) is 0.777. The van der Waals surface area contributed by atoms with Crippen LogP contribution in [-0.2, 0) is 4.79 Å². The summed E-state index contributed by atoms with van der Waals surface area (Å²) in [5.41, 5.74) is 1.11. The standard InChI is InChI=1S/C20H29N5O2S/c1-23-17-15(19(26)24(2)20(23)27)18(28-13-12-25-10-6-7-11-25)22-16(21-17)14-8-4-3-5-9-14/h3-5,8-9,15-18,21-22H,6-7,10-13H2,1-2H3. The van der Waals surface area contributed by atoms with Gasteiger partial charge in [-0.2, -0.15) is 0 Å². The number of amides is 3. The summed E-state index contributed by atoms with van der Waals surface area (Å²) < 4.78 is 0. The van der Waals surface area contributed by atoms with Gasteiger partial charge in [0.1, 0.15) is 0 Å². The van der Waals surface area contributed by atoms with E-state index in [1.54, 1.807) is 30.8 Å². The van der Waals surface area contributed by atoms with E-state index in [0.29, 0.717) is 0 Å². The van der Waals surface area contributed by atoms with Crippen LogP contribution in [0.25, 0.3) is 0 Å². The molecule has 3 fully saturated rings. The Balaban J connectivity index is 1.53. The predicted molar refractivity (Wildman–Crippen MR) is 111 cm³/mol. The lowest BCUT2D eigenvalue weighted by atomic mass is 9.96. The number of hydrogen-bond donors (Lipinski definition) is 2. The van der Waals surface area contributed by atoms with Crippen molar-refractivity contribution in [3.63, 3.8) is 0 Å². The molecule has 1 aromatic carbocycles. The fourth-order valence-electron chi connectivity index (χ4n) is 4.35. The Bertz CT molecular complexity index is 712. The molecule has 4 atom stereocenters. The molecular formula is C20H29N5O2S. The molecule has 28 heavy (non-hydrogen) atoms. The number of imide groups is 1. The van der Waals surface area contributed by atoms with Crippen molar-refractivity contribution in [2.75, 3.05) is 39.5 Å². The van der Waals surface area contributed by atoms with Crippen LogP contribution < -0.4 is 10.6 Å². The first-order chi connectivity index (χ1) is 13.6. The van der Waals surface area contributed by atoms with Gasteiger partial charge in [-0.3, -0.25) is 20.3 Å². The fourth-order valence-corrected chi connectivity index (χ4v) is 5.67. The number of thioether (sulfide) groups is 1. The van der Waals surface area contributed by atoms with E-state index in [0.717, 1.165) is 17.9 Å². The van der Waals surface area contributed by atoms with Crippen molar-refractivity contribution in [3.05, 3.63) is 35.9 Å². The van der Waals surface area contributed by atoms with Gasteiger partial charge in [0.2, 0.25) is 5.91 Å². The number of urea groups is 1. The SMILES string of the molecule is CN1C(=O)C2C(SCCN3CCCC3)NC(c3ccccc3)NC2N(C)C1=O. The molecule has 3 aliphatic rings. The van der Waals surface area contributed by atoms with Gasteiger partial charge in [-0.25, -0.2) is 4.79 Å². The van der Waals surface area contributed by atoms with Crippen molar-refractivity contribution in [1.82, 2.24) is 25.3 Å². The lowest BCUT2D eigenvalue weighted by molar-refractivity contribution is -0.140. The van der Waals surface area contributed by atoms with Crippen molar-refractivity contribution < 1.29 is 9.59 Å². The van der Waals surface area contributed by atoms with E-state index in [9.17, 15) is 9.59 Å². The summed E-state index contributed by atoms with van der Waals surface area (Å²) in [7, 11) is 3.35. The highest BCUT2D eigenvalue weighted by Gasteiger charge is 2.50. The molecule has 8 heteroatoms. The maximum absolute atomic E-state index is 13.0. The molecule has 3 saturated heterocycles. The summed E-state index contributed by atoms with van der Waals surface area (Å²) in [5.74, 6) is 0.548. The summed E-state index contributed by atoms with van der Waals surface area (Å²) in [6.45, 7) is 3.40. The number of likely N-dealkylation sites (tertiary alicyclic amines) is 1. The highest BCUT2D eigenvalue weighted by Crippen LogP contribution is 2.34.